The molecule has 0 fully saturated rings. The number of benzene rings is 2. The molecule has 7 heteroatoms. The molecule has 3 rings (SSSR count). The Bertz CT molecular complexity index is 845. The van der Waals surface area contributed by atoms with Crippen LogP contribution in [-0.4, -0.2) is 21.3 Å². The summed E-state index contributed by atoms with van der Waals surface area (Å²) < 4.78 is 5.96. The van der Waals surface area contributed by atoms with Crippen molar-refractivity contribution in [3.05, 3.63) is 58.6 Å². The van der Waals surface area contributed by atoms with E-state index in [-0.39, 0.29) is 11.7 Å². The van der Waals surface area contributed by atoms with E-state index in [0.717, 1.165) is 11.1 Å². The first-order valence-corrected chi connectivity index (χ1v) is 9.47. The Balaban J connectivity index is 2.01. The summed E-state index contributed by atoms with van der Waals surface area (Å²) >= 11 is 13.2. The molecule has 1 atom stereocenters. The second kappa shape index (κ2) is 8.16. The van der Waals surface area contributed by atoms with Crippen molar-refractivity contribution in [3.63, 3.8) is 0 Å². The lowest BCUT2D eigenvalue weighted by Gasteiger charge is -2.03. The van der Waals surface area contributed by atoms with E-state index < -0.39 is 5.97 Å². The third-order valence-corrected chi connectivity index (χ3v) is 5.04. The summed E-state index contributed by atoms with van der Waals surface area (Å²) in [6.07, 6.45) is 0.0274. The molecule has 0 aliphatic carbocycles. The van der Waals surface area contributed by atoms with Gasteiger partial charge < -0.3 is 9.52 Å². The number of carboxylic acids is 1. The smallest absolute Gasteiger partial charge is 0.304 e. The first-order valence-electron chi connectivity index (χ1n) is 7.83. The monoisotopic (exact) mass is 407 g/mol. The lowest BCUT2D eigenvalue weighted by atomic mass is 10.1. The Kier molecular flexibility index (Phi) is 5.91. The fraction of sp³-hybridized carbons (Fsp3) is 0.158. The van der Waals surface area contributed by atoms with Gasteiger partial charge in [-0.2, -0.15) is 0 Å². The molecule has 1 unspecified atom stereocenters. The topological polar surface area (TPSA) is 63.3 Å². The van der Waals surface area contributed by atoms with E-state index in [1.165, 1.54) is 11.8 Å². The highest BCUT2D eigenvalue weighted by Crippen LogP contribution is 2.37. The van der Waals surface area contributed by atoms with Crippen molar-refractivity contribution in [2.24, 2.45) is 0 Å². The number of aliphatic carboxylic acids is 1. The van der Waals surface area contributed by atoms with Gasteiger partial charge in [-0.1, -0.05) is 54.0 Å². The first-order chi connectivity index (χ1) is 12.4. The molecule has 0 saturated heterocycles. The molecule has 0 saturated carbocycles. The Morgan fingerprint density at radius 3 is 2.15 bits per heavy atom. The summed E-state index contributed by atoms with van der Waals surface area (Å²) in [5.41, 5.74) is 2.37. The highest BCUT2D eigenvalue weighted by Gasteiger charge is 2.20. The Hall–Kier alpha value is -1.95. The summed E-state index contributed by atoms with van der Waals surface area (Å²) in [6.45, 7) is 1.83. The number of aromatic nitrogens is 1. The van der Waals surface area contributed by atoms with E-state index >= 15 is 0 Å². The van der Waals surface area contributed by atoms with Crippen LogP contribution in [0.1, 0.15) is 13.3 Å². The molecule has 134 valence electrons. The van der Waals surface area contributed by atoms with Gasteiger partial charge in [0.2, 0.25) is 0 Å². The lowest BCUT2D eigenvalue weighted by Crippen LogP contribution is -2.05. The van der Waals surface area contributed by atoms with Gasteiger partial charge in [-0.25, -0.2) is 4.98 Å². The van der Waals surface area contributed by atoms with Crippen LogP contribution < -0.4 is 0 Å². The summed E-state index contributed by atoms with van der Waals surface area (Å²) in [7, 11) is 0. The van der Waals surface area contributed by atoms with Crippen LogP contribution in [0.2, 0.25) is 10.0 Å². The Morgan fingerprint density at radius 2 is 1.62 bits per heavy atom. The minimum atomic E-state index is -0.854. The van der Waals surface area contributed by atoms with Crippen LogP contribution in [0.3, 0.4) is 0 Å². The summed E-state index contributed by atoms with van der Waals surface area (Å²) in [6, 6.07) is 14.6. The van der Waals surface area contributed by atoms with Crippen LogP contribution in [0, 0.1) is 0 Å². The van der Waals surface area contributed by atoms with Crippen LogP contribution in [0.4, 0.5) is 0 Å². The van der Waals surface area contributed by atoms with Crippen molar-refractivity contribution < 1.29 is 14.3 Å². The van der Waals surface area contributed by atoms with Crippen LogP contribution in [-0.2, 0) is 4.79 Å². The second-order valence-electron chi connectivity index (χ2n) is 5.70. The van der Waals surface area contributed by atoms with Crippen molar-refractivity contribution in [1.29, 1.82) is 0 Å². The third-order valence-electron chi connectivity index (χ3n) is 3.60. The molecule has 3 aromatic rings. The molecule has 0 amide bonds. The van der Waals surface area contributed by atoms with Crippen LogP contribution >= 0.6 is 35.0 Å². The largest absolute Gasteiger partial charge is 0.481 e. The third kappa shape index (κ3) is 4.61. The van der Waals surface area contributed by atoms with Gasteiger partial charge in [-0.3, -0.25) is 4.79 Å². The summed E-state index contributed by atoms with van der Waals surface area (Å²) in [5, 5.41) is 10.5. The fourth-order valence-electron chi connectivity index (χ4n) is 2.41. The zero-order valence-corrected chi connectivity index (χ0v) is 16.1. The molecule has 0 spiro atoms. The number of oxazole rings is 1. The maximum atomic E-state index is 10.9. The van der Waals surface area contributed by atoms with Gasteiger partial charge >= 0.3 is 5.97 Å². The van der Waals surface area contributed by atoms with Gasteiger partial charge in [-0.15, -0.1) is 0 Å². The fourth-order valence-corrected chi connectivity index (χ4v) is 3.51. The molecular weight excluding hydrogens is 393 g/mol. The van der Waals surface area contributed by atoms with Crippen LogP contribution in [0.25, 0.3) is 22.6 Å². The number of rotatable bonds is 6. The van der Waals surface area contributed by atoms with E-state index in [0.29, 0.717) is 26.7 Å². The van der Waals surface area contributed by atoms with Gasteiger partial charge in [0.05, 0.1) is 6.42 Å². The molecular formula is C19H15Cl2NO3S. The number of carboxylic acid groups (broad SMARTS) is 1. The van der Waals surface area contributed by atoms with Crippen molar-refractivity contribution in [2.75, 3.05) is 0 Å². The second-order valence-corrected chi connectivity index (χ2v) is 7.96. The molecule has 1 aromatic heterocycles. The zero-order chi connectivity index (χ0) is 18.7. The van der Waals surface area contributed by atoms with Gasteiger partial charge in [0.1, 0.15) is 5.69 Å². The Morgan fingerprint density at radius 1 is 1.08 bits per heavy atom. The Labute approximate surface area is 165 Å². The van der Waals surface area contributed by atoms with Crippen molar-refractivity contribution in [2.45, 2.75) is 23.8 Å². The summed E-state index contributed by atoms with van der Waals surface area (Å²) in [4.78, 5) is 15.5. The average molecular weight is 408 g/mol. The SMILES string of the molecule is CC(CC(=O)O)Sc1nc(-c2ccc(Cl)cc2)c(-c2ccc(Cl)cc2)o1. The lowest BCUT2D eigenvalue weighted by molar-refractivity contribution is -0.136. The van der Waals surface area contributed by atoms with E-state index in [2.05, 4.69) is 4.98 Å². The number of hydrogen-bond acceptors (Lipinski definition) is 4. The molecule has 1 heterocycles. The molecule has 0 aliphatic heterocycles. The number of hydrogen-bond donors (Lipinski definition) is 1. The number of nitrogens with zero attached hydrogens (tertiary/aromatic N) is 1. The van der Waals surface area contributed by atoms with Crippen LogP contribution in [0.5, 0.6) is 0 Å². The van der Waals surface area contributed by atoms with Crippen molar-refractivity contribution in [1.82, 2.24) is 4.98 Å². The summed E-state index contributed by atoms with van der Waals surface area (Å²) in [5.74, 6) is -0.249. The standard InChI is InChI=1S/C19H15Cl2NO3S/c1-11(10-16(23)24)26-19-22-17(12-2-6-14(20)7-3-12)18(25-19)13-4-8-15(21)9-5-13/h2-9,11H,10H2,1H3,(H,23,24). The number of carbonyl (C=O) groups is 1. The quantitative estimate of drug-likeness (QED) is 0.487. The molecule has 4 nitrogen and oxygen atoms in total. The maximum absolute atomic E-state index is 10.9. The minimum Gasteiger partial charge on any atom is -0.481 e. The highest BCUT2D eigenvalue weighted by molar-refractivity contribution is 7.99. The number of halogens is 2. The first kappa shape index (κ1) is 18.8. The zero-order valence-electron chi connectivity index (χ0n) is 13.8. The van der Waals surface area contributed by atoms with Gasteiger partial charge in [0, 0.05) is 26.4 Å². The van der Waals surface area contributed by atoms with Crippen molar-refractivity contribution >= 4 is 40.9 Å². The maximum Gasteiger partial charge on any atom is 0.304 e. The van der Waals surface area contributed by atoms with Crippen LogP contribution in [0.15, 0.2) is 58.2 Å². The molecule has 1 N–H and O–H groups in total. The molecule has 2 aromatic carbocycles. The van der Waals surface area contributed by atoms with E-state index in [4.69, 9.17) is 32.7 Å². The average Bonchev–Trinajstić information content (AvgIpc) is 2.99. The van der Waals surface area contributed by atoms with E-state index in [1.807, 2.05) is 31.2 Å². The predicted octanol–water partition coefficient (Wildman–Crippen LogP) is 6.27. The van der Waals surface area contributed by atoms with Gasteiger partial charge in [0.25, 0.3) is 5.22 Å². The number of thioether (sulfide) groups is 1. The van der Waals surface area contributed by atoms with Gasteiger partial charge in [-0.05, 0) is 36.4 Å². The van der Waals surface area contributed by atoms with Gasteiger partial charge in [0.15, 0.2) is 5.76 Å². The predicted molar refractivity (Wildman–Crippen MR) is 105 cm³/mol. The van der Waals surface area contributed by atoms with E-state index in [1.54, 1.807) is 24.3 Å². The molecule has 0 radical (unpaired) electrons. The molecule has 26 heavy (non-hydrogen) atoms. The molecule has 0 aliphatic rings. The van der Waals surface area contributed by atoms with Crippen molar-refractivity contribution in [3.8, 4) is 22.6 Å². The van der Waals surface area contributed by atoms with E-state index in [9.17, 15) is 4.79 Å². The highest BCUT2D eigenvalue weighted by atomic mass is 35.5. The normalized spacial score (nSPS) is 12.1. The molecule has 0 bridgehead atoms. The minimum absolute atomic E-state index is 0.0274.